The Kier molecular flexibility index (Phi) is 7.24. The number of likely N-dealkylation sites (N-methyl/N-ethyl adjacent to an activating group) is 1. The average molecular weight is 414 g/mol. The van der Waals surface area contributed by atoms with Gasteiger partial charge in [-0.15, -0.1) is 0 Å². The molecule has 1 aromatic heterocycles. The average Bonchev–Trinajstić information content (AvgIpc) is 3.21. The predicted octanol–water partition coefficient (Wildman–Crippen LogP) is 4.51. The Morgan fingerprint density at radius 3 is 2.75 bits per heavy atom. The number of thiocarbonyl (C=S) groups is 1. The van der Waals surface area contributed by atoms with Crippen LogP contribution in [-0.4, -0.2) is 33.8 Å². The number of ether oxygens (including phenoxy) is 1. The van der Waals surface area contributed by atoms with Gasteiger partial charge in [0, 0.05) is 23.0 Å². The van der Waals surface area contributed by atoms with Crippen LogP contribution in [-0.2, 0) is 17.7 Å². The van der Waals surface area contributed by atoms with Crippen LogP contribution in [0.5, 0.6) is 0 Å². The molecule has 1 heterocycles. The lowest BCUT2D eigenvalue weighted by atomic mass is 9.94. The summed E-state index contributed by atoms with van der Waals surface area (Å²) in [5.41, 5.74) is 3.30. The molecular weight excluding hydrogens is 390 g/mol. The summed E-state index contributed by atoms with van der Waals surface area (Å²) in [7, 11) is 1.91. The van der Waals surface area contributed by atoms with Gasteiger partial charge < -0.3 is 14.6 Å². The van der Waals surface area contributed by atoms with Gasteiger partial charge in [0.15, 0.2) is 0 Å². The van der Waals surface area contributed by atoms with Gasteiger partial charge in [0.1, 0.15) is 11.9 Å². The van der Waals surface area contributed by atoms with Gasteiger partial charge in [-0.1, -0.05) is 29.8 Å². The minimum atomic E-state index is -0.0803. The first-order valence-corrected chi connectivity index (χ1v) is 10.1. The molecule has 28 heavy (non-hydrogen) atoms. The van der Waals surface area contributed by atoms with Crippen molar-refractivity contribution in [3.05, 3.63) is 82.6 Å². The molecule has 0 amide bonds. The van der Waals surface area contributed by atoms with Crippen LogP contribution >= 0.6 is 23.8 Å². The van der Waals surface area contributed by atoms with Crippen molar-refractivity contribution in [2.75, 3.05) is 7.05 Å². The lowest BCUT2D eigenvalue weighted by Gasteiger charge is -2.29. The highest BCUT2D eigenvalue weighted by Crippen LogP contribution is 2.26. The molecule has 6 heteroatoms. The number of allylic oxidation sites excluding steroid dienone is 2. The lowest BCUT2D eigenvalue weighted by molar-refractivity contribution is 0.0822. The van der Waals surface area contributed by atoms with Crippen LogP contribution in [0.1, 0.15) is 18.9 Å². The summed E-state index contributed by atoms with van der Waals surface area (Å²) in [5, 5.41) is 6.93. The number of halogens is 1. The van der Waals surface area contributed by atoms with E-state index in [0.29, 0.717) is 0 Å². The first-order valence-electron chi connectivity index (χ1n) is 9.28. The normalized spacial score (nSPS) is 17.5. The Labute approximate surface area is 176 Å². The number of hydrogen-bond donors (Lipinski definition) is 1. The largest absolute Gasteiger partial charge is 0.491 e. The Hall–Kier alpha value is -2.17. The van der Waals surface area contributed by atoms with Gasteiger partial charge in [0.25, 0.3) is 0 Å². The van der Waals surface area contributed by atoms with Crippen molar-refractivity contribution in [1.82, 2.24) is 14.9 Å². The molecule has 1 aliphatic rings. The summed E-state index contributed by atoms with van der Waals surface area (Å²) in [6.07, 6.45) is 11.4. The molecule has 1 aliphatic carbocycles. The van der Waals surface area contributed by atoms with Crippen LogP contribution in [0.4, 0.5) is 0 Å². The Balaban J connectivity index is 1.76. The van der Waals surface area contributed by atoms with Gasteiger partial charge in [0.2, 0.25) is 0 Å². The van der Waals surface area contributed by atoms with Gasteiger partial charge in [-0.25, -0.2) is 4.98 Å². The van der Waals surface area contributed by atoms with Crippen molar-refractivity contribution in [1.29, 1.82) is 0 Å². The number of aromatic nitrogens is 2. The van der Waals surface area contributed by atoms with E-state index in [1.165, 1.54) is 5.56 Å². The second kappa shape index (κ2) is 9.85. The third-order valence-corrected chi connectivity index (χ3v) is 5.31. The molecular formula is C22H24ClN3OS. The van der Waals surface area contributed by atoms with Crippen molar-refractivity contribution < 1.29 is 4.74 Å². The van der Waals surface area contributed by atoms with Crippen molar-refractivity contribution >= 4 is 28.8 Å². The van der Waals surface area contributed by atoms with Crippen molar-refractivity contribution in [2.45, 2.75) is 38.5 Å². The zero-order valence-electron chi connectivity index (χ0n) is 16.1. The second-order valence-corrected chi connectivity index (χ2v) is 7.46. The van der Waals surface area contributed by atoms with E-state index in [9.17, 15) is 0 Å². The van der Waals surface area contributed by atoms with Gasteiger partial charge in [-0.05, 0) is 73.4 Å². The first-order chi connectivity index (χ1) is 13.6. The zero-order valence-corrected chi connectivity index (χ0v) is 17.6. The summed E-state index contributed by atoms with van der Waals surface area (Å²) in [6, 6.07) is 7.89. The van der Waals surface area contributed by atoms with Crippen LogP contribution in [0.3, 0.4) is 0 Å². The van der Waals surface area contributed by atoms with Crippen LogP contribution in [0.2, 0.25) is 5.02 Å². The summed E-state index contributed by atoms with van der Waals surface area (Å²) < 4.78 is 8.51. The monoisotopic (exact) mass is 413 g/mol. The summed E-state index contributed by atoms with van der Waals surface area (Å²) >= 11 is 11.1. The molecule has 0 fully saturated rings. The first kappa shape index (κ1) is 20.6. The molecule has 2 atom stereocenters. The number of imidazole rings is 1. The van der Waals surface area contributed by atoms with E-state index in [1.807, 2.05) is 55.3 Å². The van der Waals surface area contributed by atoms with E-state index in [4.69, 9.17) is 28.6 Å². The third kappa shape index (κ3) is 5.21. The molecule has 4 nitrogen and oxygen atoms in total. The SMILES string of the molecule is CNC1C(=C=S)C(C)=CC=C1OC(CCc1ccc(Cl)cc1)Cn1ccnc1. The molecule has 0 bridgehead atoms. The van der Waals surface area contributed by atoms with E-state index in [1.54, 1.807) is 6.20 Å². The van der Waals surface area contributed by atoms with E-state index in [0.717, 1.165) is 41.3 Å². The molecule has 2 unspecified atom stereocenters. The fraction of sp³-hybridized carbons (Fsp3) is 0.318. The van der Waals surface area contributed by atoms with Crippen LogP contribution in [0.25, 0.3) is 0 Å². The molecule has 0 saturated carbocycles. The molecule has 1 N–H and O–H groups in total. The molecule has 0 aliphatic heterocycles. The third-order valence-electron chi connectivity index (χ3n) is 4.84. The number of benzene rings is 1. The predicted molar refractivity (Wildman–Crippen MR) is 118 cm³/mol. The Morgan fingerprint density at radius 1 is 1.32 bits per heavy atom. The maximum Gasteiger partial charge on any atom is 0.119 e. The Morgan fingerprint density at radius 2 is 2.11 bits per heavy atom. The van der Waals surface area contributed by atoms with Crippen LogP contribution in [0, 0.1) is 0 Å². The van der Waals surface area contributed by atoms with Crippen molar-refractivity contribution in [2.24, 2.45) is 0 Å². The van der Waals surface area contributed by atoms with Gasteiger partial charge in [-0.2, -0.15) is 0 Å². The van der Waals surface area contributed by atoms with E-state index in [-0.39, 0.29) is 12.1 Å². The minimum absolute atomic E-state index is 0.00912. The number of aryl methyl sites for hydroxylation is 1. The smallest absolute Gasteiger partial charge is 0.119 e. The fourth-order valence-electron chi connectivity index (χ4n) is 3.28. The van der Waals surface area contributed by atoms with Crippen LogP contribution < -0.4 is 5.32 Å². The minimum Gasteiger partial charge on any atom is -0.491 e. The zero-order chi connectivity index (χ0) is 19.9. The fourth-order valence-corrected chi connectivity index (χ4v) is 3.69. The highest BCUT2D eigenvalue weighted by atomic mass is 35.5. The molecule has 146 valence electrons. The number of nitrogens with one attached hydrogen (secondary N) is 1. The highest BCUT2D eigenvalue weighted by molar-refractivity contribution is 7.78. The topological polar surface area (TPSA) is 39.1 Å². The van der Waals surface area contributed by atoms with E-state index in [2.05, 4.69) is 27.5 Å². The van der Waals surface area contributed by atoms with E-state index >= 15 is 0 Å². The van der Waals surface area contributed by atoms with Crippen LogP contribution in [0.15, 0.2) is 72.0 Å². The lowest BCUT2D eigenvalue weighted by Crippen LogP contribution is -2.35. The van der Waals surface area contributed by atoms with Gasteiger partial charge >= 0.3 is 0 Å². The van der Waals surface area contributed by atoms with Gasteiger partial charge in [-0.3, -0.25) is 0 Å². The second-order valence-electron chi connectivity index (χ2n) is 6.82. The molecule has 3 rings (SSSR count). The quantitative estimate of drug-likeness (QED) is 0.646. The maximum absolute atomic E-state index is 6.47. The molecule has 1 aromatic carbocycles. The summed E-state index contributed by atoms with van der Waals surface area (Å²) in [4.78, 5) is 4.14. The molecule has 0 radical (unpaired) electrons. The van der Waals surface area contributed by atoms with Crippen molar-refractivity contribution in [3.63, 3.8) is 0 Å². The molecule has 0 saturated heterocycles. The summed E-state index contributed by atoms with van der Waals surface area (Å²) in [6.45, 7) is 2.76. The summed E-state index contributed by atoms with van der Waals surface area (Å²) in [5.74, 6) is 0.863. The number of nitrogens with zero attached hydrogens (tertiary/aromatic N) is 2. The molecule has 2 aromatic rings. The number of rotatable bonds is 8. The number of hydrogen-bond acceptors (Lipinski definition) is 4. The molecule has 0 spiro atoms. The standard InChI is InChI=1S/C22H24ClN3OS/c1-16-3-10-21(22(24-2)20(16)14-28)27-19(13-26-12-11-25-15-26)9-6-17-4-7-18(23)8-5-17/h3-5,7-8,10-12,15,19,22,24H,6,9,13H2,1-2H3. The van der Waals surface area contributed by atoms with Crippen molar-refractivity contribution in [3.8, 4) is 0 Å². The van der Waals surface area contributed by atoms with E-state index < -0.39 is 0 Å². The maximum atomic E-state index is 6.47. The highest BCUT2D eigenvalue weighted by Gasteiger charge is 2.25. The Bertz CT molecular complexity index is 896. The van der Waals surface area contributed by atoms with Gasteiger partial charge in [0.05, 0.1) is 18.9 Å².